The molecule has 3 atom stereocenters. The zero-order chi connectivity index (χ0) is 28.7. The molecule has 0 radical (unpaired) electrons. The molecule has 9 heteroatoms. The molecule has 1 aliphatic carbocycles. The number of alkyl carbamates (subject to hydrolysis) is 2. The third kappa shape index (κ3) is 9.12. The predicted octanol–water partition coefficient (Wildman–Crippen LogP) is 6.31. The first-order chi connectivity index (χ1) is 19.1. The summed E-state index contributed by atoms with van der Waals surface area (Å²) in [7, 11) is 0. The first-order valence-corrected chi connectivity index (χ1v) is 14.0. The maximum atomic E-state index is 13.2. The number of rotatable bonds is 9. The number of hydrogen-bond acceptors (Lipinski definition) is 5. The lowest BCUT2D eigenvalue weighted by Gasteiger charge is -2.19. The highest BCUT2D eigenvalue weighted by Gasteiger charge is 2.40. The van der Waals surface area contributed by atoms with E-state index < -0.39 is 23.8 Å². The largest absolute Gasteiger partial charge is 0.445 e. The van der Waals surface area contributed by atoms with E-state index in [1.54, 1.807) is 0 Å². The molecule has 0 aromatic heterocycles. The summed E-state index contributed by atoms with van der Waals surface area (Å²) in [5, 5.41) is 8.51. The van der Waals surface area contributed by atoms with Crippen LogP contribution in [0.1, 0.15) is 49.8 Å². The van der Waals surface area contributed by atoms with Gasteiger partial charge in [-0.1, -0.05) is 70.5 Å². The van der Waals surface area contributed by atoms with E-state index in [1.165, 1.54) is 0 Å². The number of amides is 3. The van der Waals surface area contributed by atoms with Gasteiger partial charge in [-0.25, -0.2) is 9.59 Å². The van der Waals surface area contributed by atoms with E-state index in [1.807, 2.05) is 99.6 Å². The van der Waals surface area contributed by atoms with Crippen molar-refractivity contribution in [3.05, 3.63) is 100 Å². The zero-order valence-corrected chi connectivity index (χ0v) is 24.4. The minimum Gasteiger partial charge on any atom is -0.445 e. The second-order valence-electron chi connectivity index (χ2n) is 10.8. The molecule has 0 bridgehead atoms. The Bertz CT molecular complexity index is 1310. The summed E-state index contributed by atoms with van der Waals surface area (Å²) in [6, 6.07) is 23.6. The summed E-state index contributed by atoms with van der Waals surface area (Å²) >= 11 is 3.38. The zero-order valence-electron chi connectivity index (χ0n) is 22.8. The Morgan fingerprint density at radius 2 is 1.57 bits per heavy atom. The normalized spacial score (nSPS) is 16.8. The Hall–Kier alpha value is -3.85. The van der Waals surface area contributed by atoms with Crippen molar-refractivity contribution < 1.29 is 23.9 Å². The van der Waals surface area contributed by atoms with Crippen molar-refractivity contribution in [3.63, 3.8) is 0 Å². The van der Waals surface area contributed by atoms with Crippen LogP contribution in [0, 0.1) is 0 Å². The second kappa shape index (κ2) is 13.0. The lowest BCUT2D eigenvalue weighted by atomic mass is 10.1. The van der Waals surface area contributed by atoms with Gasteiger partial charge in [-0.3, -0.25) is 4.79 Å². The monoisotopic (exact) mass is 607 g/mol. The SMILES string of the molecule is CC(C)(C)OC(=O)NC1CC1c1ccc(NC(=O)C(Cc2ccccc2)NC(=O)OCc2ccc(Br)cc2)cc1. The molecule has 3 unspecified atom stereocenters. The van der Waals surface area contributed by atoms with E-state index in [4.69, 9.17) is 9.47 Å². The van der Waals surface area contributed by atoms with Crippen LogP contribution in [-0.2, 0) is 27.3 Å². The molecular formula is C31H34BrN3O5. The van der Waals surface area contributed by atoms with Crippen molar-refractivity contribution in [3.8, 4) is 0 Å². The molecule has 3 N–H and O–H groups in total. The molecule has 1 fully saturated rings. The van der Waals surface area contributed by atoms with E-state index in [0.717, 1.165) is 27.6 Å². The molecule has 3 aromatic carbocycles. The highest BCUT2D eigenvalue weighted by molar-refractivity contribution is 9.10. The molecule has 0 saturated heterocycles. The summed E-state index contributed by atoms with van der Waals surface area (Å²) in [6.07, 6.45) is 0.0389. The van der Waals surface area contributed by atoms with Crippen molar-refractivity contribution in [1.29, 1.82) is 0 Å². The van der Waals surface area contributed by atoms with Gasteiger partial charge in [-0.05, 0) is 68.1 Å². The summed E-state index contributed by atoms with van der Waals surface area (Å²) in [5.41, 5.74) is 2.87. The fourth-order valence-electron chi connectivity index (χ4n) is 4.20. The summed E-state index contributed by atoms with van der Waals surface area (Å²) in [5.74, 6) is -0.154. The van der Waals surface area contributed by atoms with Gasteiger partial charge in [0.2, 0.25) is 5.91 Å². The molecule has 0 spiro atoms. The van der Waals surface area contributed by atoms with Gasteiger partial charge in [0.05, 0.1) is 0 Å². The molecule has 1 saturated carbocycles. The first-order valence-electron chi connectivity index (χ1n) is 13.2. The Kier molecular flexibility index (Phi) is 9.47. The third-order valence-corrected chi connectivity index (χ3v) is 6.80. The van der Waals surface area contributed by atoms with Gasteiger partial charge < -0.3 is 25.4 Å². The van der Waals surface area contributed by atoms with Gasteiger partial charge in [0.15, 0.2) is 0 Å². The number of halogens is 1. The van der Waals surface area contributed by atoms with Crippen LogP contribution in [-0.4, -0.2) is 35.8 Å². The van der Waals surface area contributed by atoms with Gasteiger partial charge in [-0.2, -0.15) is 0 Å². The number of nitrogens with one attached hydrogen (secondary N) is 3. The Morgan fingerprint density at radius 3 is 2.23 bits per heavy atom. The minimum absolute atomic E-state index is 0.0261. The molecule has 1 aliphatic rings. The van der Waals surface area contributed by atoms with Crippen LogP contribution in [0.25, 0.3) is 0 Å². The molecule has 8 nitrogen and oxygen atoms in total. The third-order valence-electron chi connectivity index (χ3n) is 6.27. The van der Waals surface area contributed by atoms with Crippen LogP contribution in [0.15, 0.2) is 83.3 Å². The fraction of sp³-hybridized carbons (Fsp3) is 0.323. The van der Waals surface area contributed by atoms with E-state index in [2.05, 4.69) is 31.9 Å². The van der Waals surface area contributed by atoms with Crippen molar-refractivity contribution in [2.75, 3.05) is 5.32 Å². The lowest BCUT2D eigenvalue weighted by molar-refractivity contribution is -0.118. The standard InChI is InChI=1S/C31H34BrN3O5/c1-31(2,3)40-30(38)34-26-18-25(26)22-11-15-24(16-12-22)33-28(36)27(17-20-7-5-4-6-8-20)35-29(37)39-19-21-9-13-23(32)14-10-21/h4-16,25-27H,17-19H2,1-3H3,(H,33,36)(H,34,38)(H,35,37). The summed E-state index contributed by atoms with van der Waals surface area (Å²) < 4.78 is 11.6. The van der Waals surface area contributed by atoms with Crippen LogP contribution in [0.3, 0.4) is 0 Å². The average molecular weight is 609 g/mol. The van der Waals surface area contributed by atoms with Crippen LogP contribution >= 0.6 is 15.9 Å². The smallest absolute Gasteiger partial charge is 0.408 e. The van der Waals surface area contributed by atoms with Gasteiger partial charge in [0.25, 0.3) is 0 Å². The number of ether oxygens (including phenoxy) is 2. The van der Waals surface area contributed by atoms with Crippen molar-refractivity contribution in [1.82, 2.24) is 10.6 Å². The molecule has 40 heavy (non-hydrogen) atoms. The van der Waals surface area contributed by atoms with E-state index in [9.17, 15) is 14.4 Å². The van der Waals surface area contributed by atoms with E-state index >= 15 is 0 Å². The molecule has 3 aromatic rings. The van der Waals surface area contributed by atoms with Gasteiger partial charge in [-0.15, -0.1) is 0 Å². The Balaban J connectivity index is 1.33. The van der Waals surface area contributed by atoms with Crippen molar-refractivity contribution in [2.24, 2.45) is 0 Å². The topological polar surface area (TPSA) is 106 Å². The summed E-state index contributed by atoms with van der Waals surface area (Å²) in [6.45, 7) is 5.58. The Labute approximate surface area is 243 Å². The van der Waals surface area contributed by atoms with Gasteiger partial charge in [0, 0.05) is 28.5 Å². The first kappa shape index (κ1) is 29.1. The molecule has 210 valence electrons. The molecular weight excluding hydrogens is 574 g/mol. The molecule has 0 aliphatic heterocycles. The van der Waals surface area contributed by atoms with Crippen LogP contribution in [0.4, 0.5) is 15.3 Å². The quantitative estimate of drug-likeness (QED) is 0.264. The highest BCUT2D eigenvalue weighted by atomic mass is 79.9. The number of hydrogen-bond donors (Lipinski definition) is 3. The van der Waals surface area contributed by atoms with Gasteiger partial charge in [0.1, 0.15) is 18.2 Å². The predicted molar refractivity (Wildman–Crippen MR) is 157 cm³/mol. The second-order valence-corrected chi connectivity index (χ2v) is 11.7. The Morgan fingerprint density at radius 1 is 0.900 bits per heavy atom. The van der Waals surface area contributed by atoms with Crippen LogP contribution in [0.5, 0.6) is 0 Å². The number of anilines is 1. The highest BCUT2D eigenvalue weighted by Crippen LogP contribution is 2.41. The maximum Gasteiger partial charge on any atom is 0.408 e. The van der Waals surface area contributed by atoms with Crippen LogP contribution in [0.2, 0.25) is 0 Å². The van der Waals surface area contributed by atoms with Crippen molar-refractivity contribution in [2.45, 2.75) is 63.8 Å². The minimum atomic E-state index is -0.842. The number of carbonyl (C=O) groups is 3. The van der Waals surface area contributed by atoms with Gasteiger partial charge >= 0.3 is 12.2 Å². The lowest BCUT2D eigenvalue weighted by Crippen LogP contribution is -2.45. The number of carbonyl (C=O) groups excluding carboxylic acids is 3. The molecule has 0 heterocycles. The number of benzene rings is 3. The fourth-order valence-corrected chi connectivity index (χ4v) is 4.46. The average Bonchev–Trinajstić information content (AvgIpc) is 3.66. The van der Waals surface area contributed by atoms with E-state index in [-0.39, 0.29) is 24.5 Å². The molecule has 4 rings (SSSR count). The van der Waals surface area contributed by atoms with Crippen LogP contribution < -0.4 is 16.0 Å². The maximum absolute atomic E-state index is 13.2. The van der Waals surface area contributed by atoms with E-state index in [0.29, 0.717) is 12.1 Å². The van der Waals surface area contributed by atoms with Crippen molar-refractivity contribution >= 4 is 39.7 Å². The molecule has 3 amide bonds. The summed E-state index contributed by atoms with van der Waals surface area (Å²) in [4.78, 5) is 37.9.